The molecule has 0 spiro atoms. The van der Waals surface area contributed by atoms with Crippen molar-refractivity contribution in [2.24, 2.45) is 5.92 Å². The topological polar surface area (TPSA) is 78.1 Å². The van der Waals surface area contributed by atoms with Crippen LogP contribution in [0.4, 0.5) is 18.9 Å². The zero-order valence-corrected chi connectivity index (χ0v) is 17.6. The second-order valence-electron chi connectivity index (χ2n) is 8.18. The van der Waals surface area contributed by atoms with E-state index in [2.05, 4.69) is 15.3 Å². The summed E-state index contributed by atoms with van der Waals surface area (Å²) in [5.41, 5.74) is 1.38. The number of rotatable bonds is 6. The quantitative estimate of drug-likeness (QED) is 0.597. The average Bonchev–Trinajstić information content (AvgIpc) is 3.37. The van der Waals surface area contributed by atoms with E-state index in [0.717, 1.165) is 35.4 Å². The molecule has 2 amide bonds. The Kier molecular flexibility index (Phi) is 5.66. The van der Waals surface area contributed by atoms with Crippen LogP contribution in [0.15, 0.2) is 48.5 Å². The fourth-order valence-corrected chi connectivity index (χ4v) is 3.85. The summed E-state index contributed by atoms with van der Waals surface area (Å²) < 4.78 is 38.1. The Morgan fingerprint density at radius 2 is 1.88 bits per heavy atom. The van der Waals surface area contributed by atoms with Crippen LogP contribution in [0, 0.1) is 5.92 Å². The zero-order valence-electron chi connectivity index (χ0n) is 17.6. The molecule has 0 aliphatic heterocycles. The molecule has 4 rings (SSSR count). The molecule has 3 aromatic rings. The van der Waals surface area contributed by atoms with E-state index in [4.69, 9.17) is 0 Å². The first-order valence-corrected chi connectivity index (χ1v) is 10.3. The van der Waals surface area contributed by atoms with E-state index in [-0.39, 0.29) is 24.2 Å². The molecule has 1 aliphatic rings. The van der Waals surface area contributed by atoms with Gasteiger partial charge in [-0.2, -0.15) is 13.2 Å². The fraction of sp³-hybridized carbons (Fsp3) is 0.348. The van der Waals surface area contributed by atoms with Gasteiger partial charge in [0, 0.05) is 25.1 Å². The molecule has 6 nitrogen and oxygen atoms in total. The summed E-state index contributed by atoms with van der Waals surface area (Å²) in [5, 5.41) is 2.70. The number of alkyl halides is 3. The summed E-state index contributed by atoms with van der Waals surface area (Å²) in [4.78, 5) is 34.2. The second kappa shape index (κ2) is 8.29. The number of aromatic amines is 1. The molecule has 0 radical (unpaired) electrons. The van der Waals surface area contributed by atoms with Gasteiger partial charge < -0.3 is 15.2 Å². The number of nitrogens with zero attached hydrogens (tertiary/aromatic N) is 2. The minimum absolute atomic E-state index is 0.158. The monoisotopic (exact) mass is 444 g/mol. The predicted octanol–water partition coefficient (Wildman–Crippen LogP) is 4.24. The van der Waals surface area contributed by atoms with Crippen molar-refractivity contribution < 1.29 is 22.8 Å². The van der Waals surface area contributed by atoms with Crippen molar-refractivity contribution in [3.05, 3.63) is 59.9 Å². The predicted molar refractivity (Wildman–Crippen MR) is 114 cm³/mol. The Labute approximate surface area is 182 Å². The summed E-state index contributed by atoms with van der Waals surface area (Å²) in [6.07, 6.45) is -3.31. The van der Waals surface area contributed by atoms with Crippen LogP contribution in [0.1, 0.15) is 37.1 Å². The summed E-state index contributed by atoms with van der Waals surface area (Å²) >= 11 is 0. The number of para-hydroxylation sites is 2. The summed E-state index contributed by atoms with van der Waals surface area (Å²) in [6, 6.07) is 11.2. The van der Waals surface area contributed by atoms with E-state index in [9.17, 15) is 22.8 Å². The van der Waals surface area contributed by atoms with E-state index in [1.807, 2.05) is 24.3 Å². The number of halogens is 3. The molecule has 32 heavy (non-hydrogen) atoms. The number of carbonyl (C=O) groups is 2. The van der Waals surface area contributed by atoms with Crippen LogP contribution in [-0.4, -0.2) is 34.9 Å². The number of H-pyrrole nitrogens is 1. The molecule has 1 saturated carbocycles. The maximum absolute atomic E-state index is 12.7. The molecule has 0 bridgehead atoms. The molecule has 2 aromatic carbocycles. The third-order valence-electron chi connectivity index (χ3n) is 5.79. The zero-order chi connectivity index (χ0) is 23.0. The van der Waals surface area contributed by atoms with Gasteiger partial charge in [-0.15, -0.1) is 0 Å². The first-order chi connectivity index (χ1) is 15.1. The highest BCUT2D eigenvalue weighted by Gasteiger charge is 2.42. The number of fused-ring (bicyclic) bond motifs is 1. The van der Waals surface area contributed by atoms with Crippen molar-refractivity contribution in [1.29, 1.82) is 0 Å². The normalized spacial score (nSPS) is 18.9. The lowest BCUT2D eigenvalue weighted by Crippen LogP contribution is -2.45. The van der Waals surface area contributed by atoms with Gasteiger partial charge >= 0.3 is 6.18 Å². The first-order valence-electron chi connectivity index (χ1n) is 10.3. The lowest BCUT2D eigenvalue weighted by molar-refractivity contribution is -0.137. The molecule has 2 N–H and O–H groups in total. The number of anilines is 1. The van der Waals surface area contributed by atoms with Crippen LogP contribution in [0.3, 0.4) is 0 Å². The number of imidazole rings is 1. The van der Waals surface area contributed by atoms with E-state index in [1.54, 1.807) is 6.92 Å². The van der Waals surface area contributed by atoms with E-state index in [0.29, 0.717) is 5.69 Å². The Bertz CT molecular complexity index is 1110. The largest absolute Gasteiger partial charge is 0.416 e. The molecule has 0 saturated heterocycles. The van der Waals surface area contributed by atoms with E-state index < -0.39 is 23.7 Å². The van der Waals surface area contributed by atoms with Gasteiger partial charge in [-0.05, 0) is 55.7 Å². The highest BCUT2D eigenvalue weighted by atomic mass is 19.4. The fourth-order valence-electron chi connectivity index (χ4n) is 3.85. The molecule has 9 heteroatoms. The van der Waals surface area contributed by atoms with Crippen molar-refractivity contribution in [2.75, 3.05) is 11.9 Å². The van der Waals surface area contributed by atoms with Gasteiger partial charge in [0.25, 0.3) is 0 Å². The van der Waals surface area contributed by atoms with Crippen LogP contribution in [0.2, 0.25) is 0 Å². The van der Waals surface area contributed by atoms with Gasteiger partial charge in [0.1, 0.15) is 11.9 Å². The standard InChI is InChI=1S/C23H23F3N4O2/c1-13(22(32)30(2)16-9-7-15(8-10-16)23(24,25)26)27-20(31)12-14-11-17(14)21-28-18-5-3-4-6-19(18)29-21/h3-10,13-14,17H,11-12H2,1-2H3,(H,27,31)(H,28,29)/t13-,14+,17+/m1/s1. The molecule has 0 unspecified atom stereocenters. The number of hydrogen-bond donors (Lipinski definition) is 2. The van der Waals surface area contributed by atoms with Crippen LogP contribution in [0.5, 0.6) is 0 Å². The SMILES string of the molecule is C[C@@H](NC(=O)C[C@@H]1C[C@@H]1c1nc2ccccc2[nH]1)C(=O)N(C)c1ccc(C(F)(F)F)cc1. The molecule has 3 atom stereocenters. The summed E-state index contributed by atoms with van der Waals surface area (Å²) in [7, 11) is 1.46. The van der Waals surface area contributed by atoms with Gasteiger partial charge in [-0.3, -0.25) is 9.59 Å². The minimum atomic E-state index is -4.44. The second-order valence-corrected chi connectivity index (χ2v) is 8.18. The highest BCUT2D eigenvalue weighted by Crippen LogP contribution is 2.48. The van der Waals surface area contributed by atoms with E-state index in [1.165, 1.54) is 24.1 Å². The number of carbonyl (C=O) groups excluding carboxylic acids is 2. The van der Waals surface area contributed by atoms with Crippen molar-refractivity contribution in [3.8, 4) is 0 Å². The molecule has 1 fully saturated rings. The maximum Gasteiger partial charge on any atom is 0.416 e. The van der Waals surface area contributed by atoms with Gasteiger partial charge in [0.05, 0.1) is 16.6 Å². The Balaban J connectivity index is 1.30. The van der Waals surface area contributed by atoms with Gasteiger partial charge in [0.15, 0.2) is 0 Å². The summed E-state index contributed by atoms with van der Waals surface area (Å²) in [5.74, 6) is 0.563. The number of likely N-dealkylation sites (N-methyl/N-ethyl adjacent to an activating group) is 1. The van der Waals surface area contributed by atoms with Gasteiger partial charge in [0.2, 0.25) is 11.8 Å². The Morgan fingerprint density at radius 1 is 1.19 bits per heavy atom. The molecular weight excluding hydrogens is 421 g/mol. The van der Waals surface area contributed by atoms with Gasteiger partial charge in [-0.25, -0.2) is 4.98 Å². The molecule has 168 valence electrons. The minimum Gasteiger partial charge on any atom is -0.345 e. The van der Waals surface area contributed by atoms with Crippen LogP contribution >= 0.6 is 0 Å². The number of amides is 2. The molecular formula is C23H23F3N4O2. The van der Waals surface area contributed by atoms with E-state index >= 15 is 0 Å². The van der Waals surface area contributed by atoms with Crippen LogP contribution in [-0.2, 0) is 15.8 Å². The number of aromatic nitrogens is 2. The Morgan fingerprint density at radius 3 is 2.53 bits per heavy atom. The molecule has 1 heterocycles. The Hall–Kier alpha value is -3.36. The smallest absolute Gasteiger partial charge is 0.345 e. The number of benzene rings is 2. The average molecular weight is 444 g/mol. The lowest BCUT2D eigenvalue weighted by atomic mass is 10.1. The van der Waals surface area contributed by atoms with Gasteiger partial charge in [-0.1, -0.05) is 12.1 Å². The maximum atomic E-state index is 12.7. The molecule has 1 aromatic heterocycles. The van der Waals surface area contributed by atoms with Crippen molar-refractivity contribution in [3.63, 3.8) is 0 Å². The lowest BCUT2D eigenvalue weighted by Gasteiger charge is -2.22. The van der Waals surface area contributed by atoms with Crippen LogP contribution in [0.25, 0.3) is 11.0 Å². The molecule has 1 aliphatic carbocycles. The highest BCUT2D eigenvalue weighted by molar-refractivity contribution is 5.98. The van der Waals surface area contributed by atoms with Crippen molar-refractivity contribution in [1.82, 2.24) is 15.3 Å². The van der Waals surface area contributed by atoms with Crippen LogP contribution < -0.4 is 10.2 Å². The summed E-state index contributed by atoms with van der Waals surface area (Å²) in [6.45, 7) is 1.56. The third-order valence-corrected chi connectivity index (χ3v) is 5.79. The third kappa shape index (κ3) is 4.61. The first kappa shape index (κ1) is 21.9. The van der Waals surface area contributed by atoms with Crippen molar-refractivity contribution >= 4 is 28.5 Å². The number of hydrogen-bond acceptors (Lipinski definition) is 3. The number of nitrogens with one attached hydrogen (secondary N) is 2. The van der Waals surface area contributed by atoms with Crippen molar-refractivity contribution in [2.45, 2.75) is 37.9 Å².